The van der Waals surface area contributed by atoms with E-state index < -0.39 is 0 Å². The van der Waals surface area contributed by atoms with E-state index in [0.717, 1.165) is 16.4 Å². The molecule has 0 saturated heterocycles. The highest BCUT2D eigenvalue weighted by Crippen LogP contribution is 2.25. The summed E-state index contributed by atoms with van der Waals surface area (Å²) in [6, 6.07) is 11.7. The lowest BCUT2D eigenvalue weighted by Gasteiger charge is -2.19. The second kappa shape index (κ2) is 7.33. The van der Waals surface area contributed by atoms with E-state index in [1.54, 1.807) is 11.3 Å². The molecule has 1 N–H and O–H groups in total. The van der Waals surface area contributed by atoms with Gasteiger partial charge in [-0.05, 0) is 34.6 Å². The SMILES string of the molecule is CC(C)(C)c1ccc(OCC(=O)Nc2nc(-c3cccs3)ns2)cc1. The lowest BCUT2D eigenvalue weighted by molar-refractivity contribution is -0.118. The molecule has 0 aliphatic heterocycles. The number of aromatic nitrogens is 2. The van der Waals surface area contributed by atoms with Crippen molar-refractivity contribution in [3.05, 3.63) is 47.3 Å². The number of hydrogen-bond acceptors (Lipinski definition) is 6. The van der Waals surface area contributed by atoms with Gasteiger partial charge in [0.05, 0.1) is 4.88 Å². The summed E-state index contributed by atoms with van der Waals surface area (Å²) in [5.41, 5.74) is 1.31. The molecule has 2 aromatic heterocycles. The molecule has 3 rings (SSSR count). The van der Waals surface area contributed by atoms with Crippen molar-refractivity contribution in [2.24, 2.45) is 0 Å². The summed E-state index contributed by atoms with van der Waals surface area (Å²) in [4.78, 5) is 17.3. The van der Waals surface area contributed by atoms with Crippen molar-refractivity contribution in [1.82, 2.24) is 9.36 Å². The van der Waals surface area contributed by atoms with Crippen molar-refractivity contribution < 1.29 is 9.53 Å². The van der Waals surface area contributed by atoms with Gasteiger partial charge in [-0.2, -0.15) is 9.36 Å². The summed E-state index contributed by atoms with van der Waals surface area (Å²) in [6.45, 7) is 6.40. The largest absolute Gasteiger partial charge is 0.484 e. The summed E-state index contributed by atoms with van der Waals surface area (Å²) in [5, 5.41) is 5.15. The molecular formula is C18H19N3O2S2. The molecule has 0 aliphatic carbocycles. The Balaban J connectivity index is 1.53. The first kappa shape index (κ1) is 17.6. The molecule has 0 aliphatic rings. The number of rotatable bonds is 5. The monoisotopic (exact) mass is 373 g/mol. The van der Waals surface area contributed by atoms with Gasteiger partial charge in [0.25, 0.3) is 5.91 Å². The molecule has 0 saturated carbocycles. The summed E-state index contributed by atoms with van der Waals surface area (Å²) < 4.78 is 9.78. The van der Waals surface area contributed by atoms with E-state index in [2.05, 4.69) is 35.4 Å². The number of benzene rings is 1. The molecule has 25 heavy (non-hydrogen) atoms. The molecule has 0 unspecified atom stereocenters. The highest BCUT2D eigenvalue weighted by molar-refractivity contribution is 7.14. The standard InChI is InChI=1S/C18H19N3O2S2/c1-18(2,3)12-6-8-13(9-7-12)23-11-15(22)19-17-20-16(21-25-17)14-5-4-10-24-14/h4-10H,11H2,1-3H3,(H,19,20,21,22). The maximum atomic E-state index is 12.0. The Morgan fingerprint density at radius 3 is 2.60 bits per heavy atom. The zero-order valence-electron chi connectivity index (χ0n) is 14.3. The summed E-state index contributed by atoms with van der Waals surface area (Å²) in [6.07, 6.45) is 0. The molecule has 0 atom stereocenters. The van der Waals surface area contributed by atoms with Crippen LogP contribution in [-0.2, 0) is 10.2 Å². The lowest BCUT2D eigenvalue weighted by atomic mass is 9.87. The second-order valence-corrected chi connectivity index (χ2v) is 8.21. The van der Waals surface area contributed by atoms with Gasteiger partial charge in [0, 0.05) is 11.5 Å². The van der Waals surface area contributed by atoms with Gasteiger partial charge in [0.2, 0.25) is 5.13 Å². The van der Waals surface area contributed by atoms with Gasteiger partial charge < -0.3 is 4.74 Å². The smallest absolute Gasteiger partial charge is 0.264 e. The van der Waals surface area contributed by atoms with Crippen LogP contribution in [0.2, 0.25) is 0 Å². The number of carbonyl (C=O) groups is 1. The van der Waals surface area contributed by atoms with Crippen molar-refractivity contribution in [3.63, 3.8) is 0 Å². The van der Waals surface area contributed by atoms with Crippen LogP contribution in [0.3, 0.4) is 0 Å². The van der Waals surface area contributed by atoms with E-state index in [1.807, 2.05) is 41.8 Å². The molecule has 0 fully saturated rings. The highest BCUT2D eigenvalue weighted by Gasteiger charge is 2.14. The van der Waals surface area contributed by atoms with Crippen LogP contribution in [0.15, 0.2) is 41.8 Å². The fourth-order valence-corrected chi connectivity index (χ4v) is 3.45. The van der Waals surface area contributed by atoms with Gasteiger partial charge >= 0.3 is 0 Å². The van der Waals surface area contributed by atoms with Crippen LogP contribution in [0.5, 0.6) is 5.75 Å². The highest BCUT2D eigenvalue weighted by atomic mass is 32.1. The van der Waals surface area contributed by atoms with Crippen molar-refractivity contribution >= 4 is 33.9 Å². The van der Waals surface area contributed by atoms with Crippen LogP contribution < -0.4 is 10.1 Å². The second-order valence-electron chi connectivity index (χ2n) is 6.51. The predicted molar refractivity (Wildman–Crippen MR) is 102 cm³/mol. The number of carbonyl (C=O) groups excluding carboxylic acids is 1. The van der Waals surface area contributed by atoms with E-state index in [1.165, 1.54) is 5.56 Å². The fraction of sp³-hybridized carbons (Fsp3) is 0.278. The average Bonchev–Trinajstić information content (AvgIpc) is 3.23. The first-order chi connectivity index (χ1) is 11.9. The predicted octanol–water partition coefficient (Wildman–Crippen LogP) is 4.58. The molecule has 130 valence electrons. The van der Waals surface area contributed by atoms with Gasteiger partial charge in [-0.3, -0.25) is 10.1 Å². The Morgan fingerprint density at radius 1 is 1.20 bits per heavy atom. The van der Waals surface area contributed by atoms with Gasteiger partial charge in [-0.15, -0.1) is 11.3 Å². The number of anilines is 1. The van der Waals surface area contributed by atoms with Crippen molar-refractivity contribution in [1.29, 1.82) is 0 Å². The number of hydrogen-bond donors (Lipinski definition) is 1. The number of nitrogens with zero attached hydrogens (tertiary/aromatic N) is 2. The van der Waals surface area contributed by atoms with E-state index >= 15 is 0 Å². The van der Waals surface area contributed by atoms with Crippen LogP contribution >= 0.6 is 22.9 Å². The molecule has 3 aromatic rings. The van der Waals surface area contributed by atoms with Gasteiger partial charge in [0.1, 0.15) is 5.75 Å². The van der Waals surface area contributed by atoms with E-state index in [4.69, 9.17) is 4.74 Å². The summed E-state index contributed by atoms with van der Waals surface area (Å²) in [5.74, 6) is 1.04. The Labute approximate surface area is 154 Å². The molecule has 5 nitrogen and oxygen atoms in total. The summed E-state index contributed by atoms with van der Waals surface area (Å²) >= 11 is 2.72. The Hall–Kier alpha value is -2.25. The van der Waals surface area contributed by atoms with Crippen LogP contribution in [0.25, 0.3) is 10.7 Å². The Morgan fingerprint density at radius 2 is 1.96 bits per heavy atom. The number of nitrogens with one attached hydrogen (secondary N) is 1. The Kier molecular flexibility index (Phi) is 5.15. The first-order valence-corrected chi connectivity index (χ1v) is 9.48. The third-order valence-electron chi connectivity index (χ3n) is 3.50. The molecule has 0 bridgehead atoms. The molecule has 0 radical (unpaired) electrons. The molecule has 2 heterocycles. The number of amides is 1. The third-order valence-corrected chi connectivity index (χ3v) is 5.00. The molecular weight excluding hydrogens is 354 g/mol. The van der Waals surface area contributed by atoms with E-state index in [0.29, 0.717) is 16.7 Å². The van der Waals surface area contributed by atoms with Crippen molar-refractivity contribution in [2.75, 3.05) is 11.9 Å². The van der Waals surface area contributed by atoms with Crippen LogP contribution in [0.1, 0.15) is 26.3 Å². The molecule has 1 aromatic carbocycles. The zero-order chi connectivity index (χ0) is 17.9. The van der Waals surface area contributed by atoms with Crippen LogP contribution in [0, 0.1) is 0 Å². The Bertz CT molecular complexity index is 834. The third kappa shape index (κ3) is 4.64. The minimum absolute atomic E-state index is 0.0667. The average molecular weight is 374 g/mol. The molecule has 7 heteroatoms. The van der Waals surface area contributed by atoms with E-state index in [-0.39, 0.29) is 17.9 Å². The van der Waals surface area contributed by atoms with Crippen LogP contribution in [-0.4, -0.2) is 21.9 Å². The minimum atomic E-state index is -0.256. The number of ether oxygens (including phenoxy) is 1. The van der Waals surface area contributed by atoms with Crippen LogP contribution in [0.4, 0.5) is 5.13 Å². The van der Waals surface area contributed by atoms with Crippen molar-refractivity contribution in [3.8, 4) is 16.5 Å². The summed E-state index contributed by atoms with van der Waals surface area (Å²) in [7, 11) is 0. The maximum Gasteiger partial charge on any atom is 0.264 e. The molecule has 0 spiro atoms. The number of thiophene rings is 1. The maximum absolute atomic E-state index is 12.0. The van der Waals surface area contributed by atoms with Gasteiger partial charge in [-0.1, -0.05) is 39.0 Å². The fourth-order valence-electron chi connectivity index (χ4n) is 2.14. The first-order valence-electron chi connectivity index (χ1n) is 7.82. The zero-order valence-corrected chi connectivity index (χ0v) is 15.9. The molecule has 1 amide bonds. The quantitative estimate of drug-likeness (QED) is 0.711. The van der Waals surface area contributed by atoms with E-state index in [9.17, 15) is 4.79 Å². The van der Waals surface area contributed by atoms with Crippen molar-refractivity contribution in [2.45, 2.75) is 26.2 Å². The topological polar surface area (TPSA) is 64.1 Å². The normalized spacial score (nSPS) is 11.3. The minimum Gasteiger partial charge on any atom is -0.484 e. The van der Waals surface area contributed by atoms with Gasteiger partial charge in [0.15, 0.2) is 12.4 Å². The van der Waals surface area contributed by atoms with Gasteiger partial charge in [-0.25, -0.2) is 0 Å². The lowest BCUT2D eigenvalue weighted by Crippen LogP contribution is -2.20.